The van der Waals surface area contributed by atoms with Gasteiger partial charge in [0.1, 0.15) is 6.61 Å². The maximum Gasteiger partial charge on any atom is 0.339 e. The zero-order chi connectivity index (χ0) is 18.0. The Bertz CT molecular complexity index is 870. The molecule has 1 aliphatic heterocycles. The van der Waals surface area contributed by atoms with Gasteiger partial charge in [-0.1, -0.05) is 23.7 Å². The first-order valence-corrected chi connectivity index (χ1v) is 8.16. The highest BCUT2D eigenvalue weighted by Gasteiger charge is 2.28. The normalized spacial score (nSPS) is 14.2. The van der Waals surface area contributed by atoms with Gasteiger partial charge in [0.25, 0.3) is 0 Å². The number of hydrogen-bond acceptors (Lipinski definition) is 5. The van der Waals surface area contributed by atoms with E-state index in [9.17, 15) is 13.6 Å². The topological polar surface area (TPSA) is 44.8 Å². The van der Waals surface area contributed by atoms with Crippen molar-refractivity contribution < 1.29 is 27.5 Å². The van der Waals surface area contributed by atoms with Crippen molar-refractivity contribution in [1.29, 1.82) is 0 Å². The molecule has 0 aliphatic carbocycles. The minimum Gasteiger partial charge on any atom is -0.457 e. The highest BCUT2D eigenvalue weighted by Crippen LogP contribution is 2.36. The Morgan fingerprint density at radius 3 is 2.56 bits per heavy atom. The number of halogens is 3. The summed E-state index contributed by atoms with van der Waals surface area (Å²) in [4.78, 5) is 17.2. The van der Waals surface area contributed by atoms with Gasteiger partial charge in [-0.3, -0.25) is 0 Å². The molecule has 0 radical (unpaired) electrons. The highest BCUT2D eigenvalue weighted by molar-refractivity contribution is 7.94. The average Bonchev–Trinajstić information content (AvgIpc) is 2.98. The van der Waals surface area contributed by atoms with Gasteiger partial charge >= 0.3 is 5.97 Å². The van der Waals surface area contributed by atoms with Crippen molar-refractivity contribution in [3.8, 4) is 0 Å². The van der Waals surface area contributed by atoms with E-state index in [4.69, 9.17) is 20.7 Å². The van der Waals surface area contributed by atoms with Gasteiger partial charge in [0, 0.05) is 5.57 Å². The molecule has 0 fully saturated rings. The van der Waals surface area contributed by atoms with Crippen LogP contribution in [-0.2, 0) is 18.8 Å². The van der Waals surface area contributed by atoms with Crippen molar-refractivity contribution in [1.82, 2.24) is 0 Å². The highest BCUT2D eigenvalue weighted by atomic mass is 35.5. The van der Waals surface area contributed by atoms with Crippen molar-refractivity contribution in [2.75, 3.05) is 13.7 Å². The first-order chi connectivity index (χ1) is 12.0. The summed E-state index contributed by atoms with van der Waals surface area (Å²) in [6.45, 7) is 0.0184. The van der Waals surface area contributed by atoms with E-state index in [2.05, 4.69) is 4.89 Å². The lowest BCUT2D eigenvalue weighted by Gasteiger charge is -2.08. The molecule has 0 bridgehead atoms. The van der Waals surface area contributed by atoms with E-state index in [0.29, 0.717) is 21.1 Å². The maximum absolute atomic E-state index is 13.5. The van der Waals surface area contributed by atoms with Crippen LogP contribution in [0.1, 0.15) is 11.1 Å². The number of cyclic esters (lactones) is 1. The van der Waals surface area contributed by atoms with E-state index in [1.807, 2.05) is 0 Å². The Hall–Kier alpha value is -1.93. The predicted octanol–water partition coefficient (Wildman–Crippen LogP) is 4.67. The molecule has 1 heterocycles. The molecular formula is C17H11ClF2O4S. The molecule has 0 aromatic heterocycles. The quantitative estimate of drug-likeness (QED) is 0.324. The number of esters is 1. The molecule has 3 rings (SSSR count). The van der Waals surface area contributed by atoms with Gasteiger partial charge in [0.15, 0.2) is 11.6 Å². The molecule has 4 nitrogen and oxygen atoms in total. The van der Waals surface area contributed by atoms with E-state index in [1.54, 1.807) is 18.2 Å². The van der Waals surface area contributed by atoms with Gasteiger partial charge in [-0.25, -0.2) is 18.5 Å². The molecular weight excluding hydrogens is 374 g/mol. The van der Waals surface area contributed by atoms with E-state index in [1.165, 1.54) is 13.2 Å². The summed E-state index contributed by atoms with van der Waals surface area (Å²) in [6.07, 6.45) is 0. The minimum atomic E-state index is -1.04. The van der Waals surface area contributed by atoms with Gasteiger partial charge in [0.2, 0.25) is 0 Å². The summed E-state index contributed by atoms with van der Waals surface area (Å²) in [6, 6.07) is 8.33. The number of hydrogen-bond donors (Lipinski definition) is 0. The Morgan fingerprint density at radius 2 is 1.88 bits per heavy atom. The van der Waals surface area contributed by atoms with Crippen molar-refractivity contribution >= 4 is 40.8 Å². The van der Waals surface area contributed by atoms with Crippen molar-refractivity contribution in [3.63, 3.8) is 0 Å². The van der Waals surface area contributed by atoms with Crippen LogP contribution in [0.25, 0.3) is 11.1 Å². The molecule has 0 N–H and O–H groups in total. The van der Waals surface area contributed by atoms with Crippen LogP contribution in [-0.4, -0.2) is 19.7 Å². The van der Waals surface area contributed by atoms with Crippen molar-refractivity contribution in [2.24, 2.45) is 0 Å². The number of benzene rings is 2. The fourth-order valence-electron chi connectivity index (χ4n) is 2.40. The van der Waals surface area contributed by atoms with Gasteiger partial charge in [-0.15, -0.1) is 0 Å². The maximum atomic E-state index is 13.5. The second-order valence-electron chi connectivity index (χ2n) is 5.02. The van der Waals surface area contributed by atoms with Crippen LogP contribution in [0, 0.1) is 11.6 Å². The van der Waals surface area contributed by atoms with E-state index < -0.39 is 17.6 Å². The molecule has 1 aliphatic rings. The van der Waals surface area contributed by atoms with Gasteiger partial charge in [-0.2, -0.15) is 4.33 Å². The zero-order valence-corrected chi connectivity index (χ0v) is 14.4. The van der Waals surface area contributed by atoms with Crippen molar-refractivity contribution in [2.45, 2.75) is 4.90 Å². The summed E-state index contributed by atoms with van der Waals surface area (Å²) in [5.41, 5.74) is 1.61. The Kier molecular flexibility index (Phi) is 5.39. The molecule has 25 heavy (non-hydrogen) atoms. The number of carbonyl (C=O) groups is 1. The minimum absolute atomic E-state index is 0.0184. The van der Waals surface area contributed by atoms with Crippen molar-refractivity contribution in [3.05, 3.63) is 64.2 Å². The molecule has 0 spiro atoms. The van der Waals surface area contributed by atoms with Crippen LogP contribution in [0.5, 0.6) is 0 Å². The second kappa shape index (κ2) is 7.53. The summed E-state index contributed by atoms with van der Waals surface area (Å²) in [5.74, 6) is -2.62. The number of carbonyl (C=O) groups excluding carboxylic acids is 1. The summed E-state index contributed by atoms with van der Waals surface area (Å²) in [5, 5.41) is 0.385. The lowest BCUT2D eigenvalue weighted by molar-refractivity contribution is -0.160. The average molecular weight is 385 g/mol. The van der Waals surface area contributed by atoms with E-state index in [-0.39, 0.29) is 17.7 Å². The third-order valence-corrected chi connectivity index (χ3v) is 4.70. The molecule has 130 valence electrons. The fraction of sp³-hybridized carbons (Fsp3) is 0.118. The van der Waals surface area contributed by atoms with E-state index >= 15 is 0 Å². The van der Waals surface area contributed by atoms with Crippen LogP contribution in [0.3, 0.4) is 0 Å². The van der Waals surface area contributed by atoms with Crippen LogP contribution in [0.2, 0.25) is 5.02 Å². The van der Waals surface area contributed by atoms with Crippen LogP contribution in [0.4, 0.5) is 8.78 Å². The molecule has 0 atom stereocenters. The van der Waals surface area contributed by atoms with Crippen LogP contribution >= 0.6 is 23.6 Å². The Morgan fingerprint density at radius 1 is 1.12 bits per heavy atom. The monoisotopic (exact) mass is 384 g/mol. The molecule has 2 aromatic rings. The van der Waals surface area contributed by atoms with Crippen LogP contribution < -0.4 is 0 Å². The van der Waals surface area contributed by atoms with Gasteiger partial charge in [-0.05, 0) is 35.4 Å². The van der Waals surface area contributed by atoms with Crippen LogP contribution in [0.15, 0.2) is 41.3 Å². The first kappa shape index (κ1) is 17.9. The smallest absolute Gasteiger partial charge is 0.339 e. The molecule has 0 saturated carbocycles. The number of ether oxygens (including phenoxy) is 1. The third-order valence-electron chi connectivity index (χ3n) is 3.53. The molecule has 0 amide bonds. The Balaban J connectivity index is 2.03. The predicted molar refractivity (Wildman–Crippen MR) is 89.5 cm³/mol. The summed E-state index contributed by atoms with van der Waals surface area (Å²) >= 11 is 7.15. The van der Waals surface area contributed by atoms with Gasteiger partial charge in [0.05, 0.1) is 34.6 Å². The summed E-state index contributed by atoms with van der Waals surface area (Å²) < 4.78 is 36.5. The SMILES string of the molecule is COOSc1ccc(C2=C(c3ccc(F)c(F)c3)C(=O)OC2)cc1Cl. The first-order valence-electron chi connectivity index (χ1n) is 7.04. The molecule has 8 heteroatoms. The number of rotatable bonds is 5. The second-order valence-corrected chi connectivity index (χ2v) is 6.17. The zero-order valence-electron chi connectivity index (χ0n) is 12.8. The summed E-state index contributed by atoms with van der Waals surface area (Å²) in [7, 11) is 1.37. The molecule has 2 aromatic carbocycles. The lowest BCUT2D eigenvalue weighted by Crippen LogP contribution is -1.99. The van der Waals surface area contributed by atoms with Gasteiger partial charge < -0.3 is 4.74 Å². The molecule has 0 saturated heterocycles. The Labute approximate surface area is 151 Å². The standard InChI is InChI=1S/C17H11ClF2O4S/c1-22-24-25-15-5-3-9(6-12(15)18)11-8-23-17(21)16(11)10-2-4-13(19)14(20)7-10/h2-7H,8H2,1H3. The van der Waals surface area contributed by atoms with E-state index in [0.717, 1.165) is 24.2 Å². The fourth-order valence-corrected chi connectivity index (χ4v) is 3.08. The lowest BCUT2D eigenvalue weighted by atomic mass is 9.96. The largest absolute Gasteiger partial charge is 0.457 e. The molecule has 0 unspecified atom stereocenters. The third kappa shape index (κ3) is 3.69.